The molecule has 102 valence electrons. The number of ether oxygens (including phenoxy) is 1. The van der Waals surface area contributed by atoms with Crippen molar-refractivity contribution in [3.05, 3.63) is 24.3 Å². The molecule has 0 heterocycles. The molecular formula is C12H20N2O3S. The van der Waals surface area contributed by atoms with E-state index in [9.17, 15) is 8.42 Å². The zero-order valence-electron chi connectivity index (χ0n) is 11.0. The minimum absolute atomic E-state index is 0.0912. The van der Waals surface area contributed by atoms with Crippen LogP contribution in [0.15, 0.2) is 29.2 Å². The lowest BCUT2D eigenvalue weighted by atomic mass is 10.3. The molecule has 0 unspecified atom stereocenters. The van der Waals surface area contributed by atoms with Gasteiger partial charge in [-0.2, -0.15) is 4.31 Å². The summed E-state index contributed by atoms with van der Waals surface area (Å²) < 4.78 is 31.0. The highest BCUT2D eigenvalue weighted by molar-refractivity contribution is 7.89. The van der Waals surface area contributed by atoms with Crippen LogP contribution in [0, 0.1) is 0 Å². The lowest BCUT2D eigenvalue weighted by molar-refractivity contribution is 0.0737. The standard InChI is InChI=1S/C12H20N2O3S/c1-10(2)17-8-7-14(3)18(15,16)12-6-4-5-11(13)9-12/h4-6,9-10H,7-8,13H2,1-3H3. The van der Waals surface area contributed by atoms with Gasteiger partial charge in [0, 0.05) is 19.3 Å². The molecule has 1 aromatic rings. The minimum Gasteiger partial charge on any atom is -0.399 e. The summed E-state index contributed by atoms with van der Waals surface area (Å²) in [7, 11) is -1.96. The first-order chi connectivity index (χ1) is 8.34. The lowest BCUT2D eigenvalue weighted by Crippen LogP contribution is -2.30. The zero-order chi connectivity index (χ0) is 13.8. The Morgan fingerprint density at radius 1 is 1.39 bits per heavy atom. The van der Waals surface area contributed by atoms with E-state index >= 15 is 0 Å². The van der Waals surface area contributed by atoms with Gasteiger partial charge in [-0.25, -0.2) is 8.42 Å². The van der Waals surface area contributed by atoms with Gasteiger partial charge in [0.2, 0.25) is 10.0 Å². The number of sulfonamides is 1. The first-order valence-corrected chi connectivity index (χ1v) is 7.21. The molecule has 0 bridgehead atoms. The van der Waals surface area contributed by atoms with Crippen molar-refractivity contribution in [2.75, 3.05) is 25.9 Å². The fraction of sp³-hybridized carbons (Fsp3) is 0.500. The molecule has 6 heteroatoms. The first kappa shape index (κ1) is 14.9. The van der Waals surface area contributed by atoms with Crippen LogP contribution >= 0.6 is 0 Å². The van der Waals surface area contributed by atoms with E-state index < -0.39 is 10.0 Å². The van der Waals surface area contributed by atoms with E-state index in [1.807, 2.05) is 13.8 Å². The van der Waals surface area contributed by atoms with Crippen molar-refractivity contribution in [3.8, 4) is 0 Å². The summed E-state index contributed by atoms with van der Waals surface area (Å²) in [6.07, 6.45) is 0.0912. The summed E-state index contributed by atoms with van der Waals surface area (Å²) in [6.45, 7) is 4.50. The Morgan fingerprint density at radius 2 is 2.06 bits per heavy atom. The van der Waals surface area contributed by atoms with E-state index in [2.05, 4.69) is 0 Å². The predicted molar refractivity (Wildman–Crippen MR) is 71.8 cm³/mol. The molecule has 0 aliphatic heterocycles. The number of nitrogens with two attached hydrogens (primary N) is 1. The molecule has 0 saturated carbocycles. The SMILES string of the molecule is CC(C)OCCN(C)S(=O)(=O)c1cccc(N)c1. The Kier molecular flexibility index (Phi) is 5.13. The van der Waals surface area contributed by atoms with Crippen LogP contribution in [0.5, 0.6) is 0 Å². The second kappa shape index (κ2) is 6.17. The molecule has 2 N–H and O–H groups in total. The summed E-state index contributed by atoms with van der Waals surface area (Å²) in [6, 6.07) is 6.27. The molecule has 18 heavy (non-hydrogen) atoms. The number of benzene rings is 1. The number of rotatable bonds is 6. The van der Waals surface area contributed by atoms with Crippen molar-refractivity contribution in [1.29, 1.82) is 0 Å². The van der Waals surface area contributed by atoms with Gasteiger partial charge in [0.1, 0.15) is 0 Å². The van der Waals surface area contributed by atoms with Gasteiger partial charge in [-0.3, -0.25) is 0 Å². The first-order valence-electron chi connectivity index (χ1n) is 5.77. The van der Waals surface area contributed by atoms with Crippen LogP contribution in [0.25, 0.3) is 0 Å². The highest BCUT2D eigenvalue weighted by Gasteiger charge is 2.20. The highest BCUT2D eigenvalue weighted by atomic mass is 32.2. The smallest absolute Gasteiger partial charge is 0.242 e. The van der Waals surface area contributed by atoms with Crippen LogP contribution in [0.1, 0.15) is 13.8 Å². The molecule has 0 radical (unpaired) electrons. The second-order valence-electron chi connectivity index (χ2n) is 4.32. The molecule has 1 aromatic carbocycles. The summed E-state index contributed by atoms with van der Waals surface area (Å²) >= 11 is 0. The van der Waals surface area contributed by atoms with Crippen LogP contribution in [0.2, 0.25) is 0 Å². The molecule has 0 saturated heterocycles. The van der Waals surface area contributed by atoms with E-state index in [4.69, 9.17) is 10.5 Å². The fourth-order valence-corrected chi connectivity index (χ4v) is 2.60. The number of hydrogen-bond acceptors (Lipinski definition) is 4. The molecule has 0 aliphatic rings. The van der Waals surface area contributed by atoms with Gasteiger partial charge < -0.3 is 10.5 Å². The second-order valence-corrected chi connectivity index (χ2v) is 6.36. The maximum absolute atomic E-state index is 12.2. The number of anilines is 1. The molecule has 0 amide bonds. The predicted octanol–water partition coefficient (Wildman–Crippen LogP) is 1.31. The van der Waals surface area contributed by atoms with E-state index in [1.165, 1.54) is 23.5 Å². The van der Waals surface area contributed by atoms with Gasteiger partial charge in [-0.15, -0.1) is 0 Å². The summed E-state index contributed by atoms with van der Waals surface area (Å²) in [4.78, 5) is 0.203. The Labute approximate surface area is 109 Å². The average Bonchev–Trinajstić information content (AvgIpc) is 2.28. The van der Waals surface area contributed by atoms with Gasteiger partial charge in [0.05, 0.1) is 17.6 Å². The highest BCUT2D eigenvalue weighted by Crippen LogP contribution is 2.16. The topological polar surface area (TPSA) is 72.6 Å². The van der Waals surface area contributed by atoms with E-state index in [0.29, 0.717) is 18.8 Å². The summed E-state index contributed by atoms with van der Waals surface area (Å²) in [5, 5.41) is 0. The molecule has 0 fully saturated rings. The van der Waals surface area contributed by atoms with Crippen molar-refractivity contribution in [3.63, 3.8) is 0 Å². The van der Waals surface area contributed by atoms with Crippen LogP contribution in [0.3, 0.4) is 0 Å². The van der Waals surface area contributed by atoms with Gasteiger partial charge in [0.25, 0.3) is 0 Å². The lowest BCUT2D eigenvalue weighted by Gasteiger charge is -2.18. The summed E-state index contributed by atoms with van der Waals surface area (Å²) in [5.74, 6) is 0. The van der Waals surface area contributed by atoms with E-state index in [1.54, 1.807) is 12.1 Å². The molecular weight excluding hydrogens is 252 g/mol. The maximum atomic E-state index is 12.2. The number of likely N-dealkylation sites (N-methyl/N-ethyl adjacent to an activating group) is 1. The fourth-order valence-electron chi connectivity index (χ4n) is 1.39. The Hall–Kier alpha value is -1.11. The van der Waals surface area contributed by atoms with Crippen LogP contribution in [-0.4, -0.2) is 39.0 Å². The monoisotopic (exact) mass is 272 g/mol. The molecule has 0 spiro atoms. The molecule has 0 aromatic heterocycles. The maximum Gasteiger partial charge on any atom is 0.242 e. The van der Waals surface area contributed by atoms with Crippen molar-refractivity contribution < 1.29 is 13.2 Å². The van der Waals surface area contributed by atoms with Gasteiger partial charge in [0.15, 0.2) is 0 Å². The van der Waals surface area contributed by atoms with Gasteiger partial charge >= 0.3 is 0 Å². The Bertz CT molecular complexity index is 486. The minimum atomic E-state index is -3.49. The van der Waals surface area contributed by atoms with Crippen molar-refractivity contribution >= 4 is 15.7 Å². The normalized spacial score (nSPS) is 12.3. The van der Waals surface area contributed by atoms with Crippen molar-refractivity contribution in [1.82, 2.24) is 4.31 Å². The number of hydrogen-bond donors (Lipinski definition) is 1. The molecule has 1 rings (SSSR count). The largest absolute Gasteiger partial charge is 0.399 e. The number of nitrogens with zero attached hydrogens (tertiary/aromatic N) is 1. The van der Waals surface area contributed by atoms with Crippen LogP contribution in [0.4, 0.5) is 5.69 Å². The van der Waals surface area contributed by atoms with Crippen LogP contribution < -0.4 is 5.73 Å². The zero-order valence-corrected chi connectivity index (χ0v) is 11.8. The van der Waals surface area contributed by atoms with Crippen molar-refractivity contribution in [2.45, 2.75) is 24.8 Å². The Balaban J connectivity index is 2.74. The van der Waals surface area contributed by atoms with Gasteiger partial charge in [-0.05, 0) is 32.0 Å². The van der Waals surface area contributed by atoms with Crippen molar-refractivity contribution in [2.24, 2.45) is 0 Å². The third-order valence-electron chi connectivity index (χ3n) is 2.42. The molecule has 5 nitrogen and oxygen atoms in total. The third kappa shape index (κ3) is 3.97. The van der Waals surface area contributed by atoms with Gasteiger partial charge in [-0.1, -0.05) is 6.07 Å². The summed E-state index contributed by atoms with van der Waals surface area (Å²) in [5.41, 5.74) is 6.02. The van der Waals surface area contributed by atoms with Crippen LogP contribution in [-0.2, 0) is 14.8 Å². The molecule has 0 atom stereocenters. The third-order valence-corrected chi connectivity index (χ3v) is 4.28. The average molecular weight is 272 g/mol. The van der Waals surface area contributed by atoms with E-state index in [-0.39, 0.29) is 11.0 Å². The molecule has 0 aliphatic carbocycles. The quantitative estimate of drug-likeness (QED) is 0.793. The number of nitrogen functional groups attached to an aromatic ring is 1. The Morgan fingerprint density at radius 3 is 2.61 bits per heavy atom. The van der Waals surface area contributed by atoms with E-state index in [0.717, 1.165) is 0 Å².